The van der Waals surface area contributed by atoms with E-state index in [0.717, 1.165) is 0 Å². The number of H-pyrrole nitrogens is 1. The third-order valence-corrected chi connectivity index (χ3v) is 1.39. The van der Waals surface area contributed by atoms with Gasteiger partial charge in [-0.3, -0.25) is 4.79 Å². The number of hydrogen-bond donors (Lipinski definition) is 1. The molecule has 0 amide bonds. The van der Waals surface area contributed by atoms with Crippen LogP contribution < -0.4 is 0 Å². The Morgan fingerprint density at radius 3 is 3.11 bits per heavy atom. The van der Waals surface area contributed by atoms with Crippen LogP contribution in [0.1, 0.15) is 10.6 Å². The number of Topliss-reactive ketones (excluding diaryl/α,β-unsaturated/α-hetero) is 1. The Hall–Kier alpha value is -0.640. The molecule has 0 atom stereocenters. The summed E-state index contributed by atoms with van der Waals surface area (Å²) in [5.74, 6) is 0.381. The normalized spacial score (nSPS) is 9.44. The molecular formula is C5H5BrN2O. The molecule has 0 saturated heterocycles. The first-order valence-electron chi connectivity index (χ1n) is 2.43. The topological polar surface area (TPSA) is 45.8 Å². The quantitative estimate of drug-likeness (QED) is 0.556. The molecular weight excluding hydrogens is 184 g/mol. The van der Waals surface area contributed by atoms with Crippen molar-refractivity contribution in [3.8, 4) is 0 Å². The predicted molar refractivity (Wildman–Crippen MR) is 36.7 cm³/mol. The van der Waals surface area contributed by atoms with Gasteiger partial charge in [-0.2, -0.15) is 0 Å². The van der Waals surface area contributed by atoms with E-state index in [1.807, 2.05) is 0 Å². The molecule has 1 aromatic heterocycles. The second-order valence-corrected chi connectivity index (χ2v) is 2.06. The Kier molecular flexibility index (Phi) is 2.00. The third kappa shape index (κ3) is 1.38. The van der Waals surface area contributed by atoms with Crippen LogP contribution in [-0.4, -0.2) is 21.1 Å². The number of alkyl halides is 1. The minimum absolute atomic E-state index is 0.0278. The van der Waals surface area contributed by atoms with Gasteiger partial charge in [-0.05, 0) is 0 Å². The zero-order chi connectivity index (χ0) is 6.69. The van der Waals surface area contributed by atoms with E-state index in [9.17, 15) is 4.79 Å². The Labute approximate surface area is 60.6 Å². The molecule has 0 aliphatic heterocycles. The molecule has 48 valence electrons. The predicted octanol–water partition coefficient (Wildman–Crippen LogP) is 0.987. The molecule has 4 heteroatoms. The lowest BCUT2D eigenvalue weighted by atomic mass is 10.4. The molecule has 0 spiro atoms. The van der Waals surface area contributed by atoms with Gasteiger partial charge in [0, 0.05) is 12.4 Å². The summed E-state index contributed by atoms with van der Waals surface area (Å²) < 4.78 is 0. The molecule has 0 aliphatic carbocycles. The zero-order valence-electron chi connectivity index (χ0n) is 4.60. The summed E-state index contributed by atoms with van der Waals surface area (Å²) in [5, 5.41) is 0.320. The number of ketones is 1. The average molecular weight is 189 g/mol. The Balaban J connectivity index is 2.77. The minimum atomic E-state index is -0.0278. The number of rotatable bonds is 2. The fourth-order valence-corrected chi connectivity index (χ4v) is 0.747. The first kappa shape index (κ1) is 6.48. The van der Waals surface area contributed by atoms with Gasteiger partial charge in [0.1, 0.15) is 0 Å². The van der Waals surface area contributed by atoms with Gasteiger partial charge in [0.05, 0.1) is 5.33 Å². The minimum Gasteiger partial charge on any atom is -0.342 e. The van der Waals surface area contributed by atoms with Gasteiger partial charge in [0.15, 0.2) is 5.82 Å². The largest absolute Gasteiger partial charge is 0.342 e. The van der Waals surface area contributed by atoms with Gasteiger partial charge in [-0.25, -0.2) is 4.98 Å². The van der Waals surface area contributed by atoms with E-state index in [1.54, 1.807) is 12.4 Å². The summed E-state index contributed by atoms with van der Waals surface area (Å²) in [6.07, 6.45) is 3.17. The Morgan fingerprint density at radius 1 is 1.89 bits per heavy atom. The standard InChI is InChI=1S/C5H5BrN2O/c6-3-4(9)5-7-1-2-8-5/h1-2H,3H2,(H,7,8). The van der Waals surface area contributed by atoms with Crippen LogP contribution in [-0.2, 0) is 0 Å². The maximum absolute atomic E-state index is 10.7. The fraction of sp³-hybridized carbons (Fsp3) is 0.200. The molecule has 0 unspecified atom stereocenters. The number of nitrogens with one attached hydrogen (secondary N) is 1. The van der Waals surface area contributed by atoms with Crippen LogP contribution in [0.4, 0.5) is 0 Å². The summed E-state index contributed by atoms with van der Waals surface area (Å²) in [5.41, 5.74) is 0. The van der Waals surface area contributed by atoms with Gasteiger partial charge in [0.2, 0.25) is 5.78 Å². The van der Waals surface area contributed by atoms with Crippen LogP contribution >= 0.6 is 15.9 Å². The molecule has 0 aliphatic rings. The van der Waals surface area contributed by atoms with Crippen LogP contribution in [0.5, 0.6) is 0 Å². The highest BCUT2D eigenvalue weighted by Crippen LogP contribution is 1.93. The lowest BCUT2D eigenvalue weighted by molar-refractivity contribution is 0.101. The summed E-state index contributed by atoms with van der Waals surface area (Å²) in [4.78, 5) is 17.2. The van der Waals surface area contributed by atoms with Crippen LogP contribution in [0.15, 0.2) is 12.4 Å². The molecule has 1 N–H and O–H groups in total. The van der Waals surface area contributed by atoms with E-state index < -0.39 is 0 Å². The highest BCUT2D eigenvalue weighted by Gasteiger charge is 2.03. The number of aromatic nitrogens is 2. The molecule has 1 rings (SSSR count). The van der Waals surface area contributed by atoms with Crippen LogP contribution in [0.3, 0.4) is 0 Å². The summed E-state index contributed by atoms with van der Waals surface area (Å²) in [6, 6.07) is 0. The Bertz CT molecular complexity index is 195. The molecule has 0 radical (unpaired) electrons. The maximum atomic E-state index is 10.7. The average Bonchev–Trinajstić information content (AvgIpc) is 2.37. The summed E-state index contributed by atoms with van der Waals surface area (Å²) >= 11 is 3.03. The highest BCUT2D eigenvalue weighted by molar-refractivity contribution is 9.09. The second kappa shape index (κ2) is 2.77. The van der Waals surface area contributed by atoms with Crippen LogP contribution in [0.25, 0.3) is 0 Å². The van der Waals surface area contributed by atoms with E-state index in [1.165, 1.54) is 0 Å². The molecule has 0 saturated carbocycles. The molecule has 3 nitrogen and oxygen atoms in total. The van der Waals surface area contributed by atoms with Crippen molar-refractivity contribution in [1.82, 2.24) is 9.97 Å². The number of carbonyl (C=O) groups excluding carboxylic acids is 1. The SMILES string of the molecule is O=C(CBr)c1ncc[nH]1. The smallest absolute Gasteiger partial charge is 0.208 e. The van der Waals surface area contributed by atoms with Crippen LogP contribution in [0, 0.1) is 0 Å². The monoisotopic (exact) mass is 188 g/mol. The van der Waals surface area contributed by atoms with Crippen molar-refractivity contribution < 1.29 is 4.79 Å². The van der Waals surface area contributed by atoms with Crippen molar-refractivity contribution in [3.05, 3.63) is 18.2 Å². The molecule has 0 bridgehead atoms. The van der Waals surface area contributed by atoms with Crippen molar-refractivity contribution >= 4 is 21.7 Å². The van der Waals surface area contributed by atoms with E-state index in [-0.39, 0.29) is 5.78 Å². The molecule has 9 heavy (non-hydrogen) atoms. The first-order chi connectivity index (χ1) is 4.34. The first-order valence-corrected chi connectivity index (χ1v) is 3.55. The number of imidazole rings is 1. The van der Waals surface area contributed by atoms with E-state index in [4.69, 9.17) is 0 Å². The fourth-order valence-electron chi connectivity index (χ4n) is 0.481. The van der Waals surface area contributed by atoms with E-state index in [2.05, 4.69) is 25.9 Å². The van der Waals surface area contributed by atoms with Crippen molar-refractivity contribution in [3.63, 3.8) is 0 Å². The Morgan fingerprint density at radius 2 is 2.67 bits per heavy atom. The van der Waals surface area contributed by atoms with Crippen molar-refractivity contribution in [2.24, 2.45) is 0 Å². The van der Waals surface area contributed by atoms with Crippen molar-refractivity contribution in [1.29, 1.82) is 0 Å². The van der Waals surface area contributed by atoms with Crippen molar-refractivity contribution in [2.75, 3.05) is 5.33 Å². The van der Waals surface area contributed by atoms with Gasteiger partial charge in [-0.15, -0.1) is 0 Å². The number of hydrogen-bond acceptors (Lipinski definition) is 2. The number of halogens is 1. The molecule has 0 aromatic carbocycles. The van der Waals surface area contributed by atoms with E-state index >= 15 is 0 Å². The highest BCUT2D eigenvalue weighted by atomic mass is 79.9. The lowest BCUT2D eigenvalue weighted by Crippen LogP contribution is -2.01. The molecule has 1 aromatic rings. The molecule has 1 heterocycles. The lowest BCUT2D eigenvalue weighted by Gasteiger charge is -1.85. The zero-order valence-corrected chi connectivity index (χ0v) is 6.18. The van der Waals surface area contributed by atoms with Gasteiger partial charge < -0.3 is 4.98 Å². The van der Waals surface area contributed by atoms with Gasteiger partial charge in [0.25, 0.3) is 0 Å². The van der Waals surface area contributed by atoms with E-state index in [0.29, 0.717) is 11.2 Å². The van der Waals surface area contributed by atoms with Crippen LogP contribution in [0.2, 0.25) is 0 Å². The number of aromatic amines is 1. The number of carbonyl (C=O) groups is 1. The molecule has 0 fully saturated rings. The third-order valence-electron chi connectivity index (χ3n) is 0.884. The number of nitrogens with zero attached hydrogens (tertiary/aromatic N) is 1. The van der Waals surface area contributed by atoms with Crippen molar-refractivity contribution in [2.45, 2.75) is 0 Å². The van der Waals surface area contributed by atoms with Gasteiger partial charge >= 0.3 is 0 Å². The summed E-state index contributed by atoms with van der Waals surface area (Å²) in [6.45, 7) is 0. The maximum Gasteiger partial charge on any atom is 0.208 e. The summed E-state index contributed by atoms with van der Waals surface area (Å²) in [7, 11) is 0. The van der Waals surface area contributed by atoms with Gasteiger partial charge in [-0.1, -0.05) is 15.9 Å². The second-order valence-electron chi connectivity index (χ2n) is 1.49.